The number of aryl methyl sites for hydroxylation is 1. The van der Waals surface area contributed by atoms with Crippen molar-refractivity contribution in [1.29, 1.82) is 0 Å². The van der Waals surface area contributed by atoms with Gasteiger partial charge in [-0.2, -0.15) is 0 Å². The largest absolute Gasteiger partial charge is 0.466 e. The molecule has 1 aromatic heterocycles. The van der Waals surface area contributed by atoms with Gasteiger partial charge in [-0.25, -0.2) is 0 Å². The highest BCUT2D eigenvalue weighted by Gasteiger charge is 2.24. The summed E-state index contributed by atoms with van der Waals surface area (Å²) >= 11 is 0. The van der Waals surface area contributed by atoms with E-state index in [0.29, 0.717) is 19.1 Å². The van der Waals surface area contributed by atoms with Gasteiger partial charge in [0.2, 0.25) is 0 Å². The highest BCUT2D eigenvalue weighted by Crippen LogP contribution is 2.18. The predicted octanol–water partition coefficient (Wildman–Crippen LogP) is 0.946. The second kappa shape index (κ2) is 6.63. The second-order valence-corrected chi connectivity index (χ2v) is 4.82. The van der Waals surface area contributed by atoms with Crippen molar-refractivity contribution in [2.75, 3.05) is 19.7 Å². The van der Waals surface area contributed by atoms with Crippen LogP contribution >= 0.6 is 0 Å². The Kier molecular flexibility index (Phi) is 4.87. The molecule has 5 heteroatoms. The summed E-state index contributed by atoms with van der Waals surface area (Å²) in [5.41, 5.74) is 2.01. The van der Waals surface area contributed by atoms with Crippen LogP contribution in [0.15, 0.2) is 18.3 Å². The lowest BCUT2D eigenvalue weighted by Gasteiger charge is -2.32. The molecule has 0 saturated carbocycles. The van der Waals surface area contributed by atoms with E-state index in [2.05, 4.69) is 15.6 Å². The number of rotatable bonds is 6. The van der Waals surface area contributed by atoms with Gasteiger partial charge in [0, 0.05) is 37.1 Å². The number of ether oxygens (including phenoxy) is 1. The molecule has 5 nitrogen and oxygen atoms in total. The summed E-state index contributed by atoms with van der Waals surface area (Å²) in [5, 5.41) is 6.69. The number of hydrogen-bond acceptors (Lipinski definition) is 5. The van der Waals surface area contributed by atoms with Crippen molar-refractivity contribution in [3.63, 3.8) is 0 Å². The molecule has 2 heterocycles. The normalized spacial score (nSPS) is 16.7. The number of carbonyl (C=O) groups is 1. The van der Waals surface area contributed by atoms with Crippen LogP contribution in [0.3, 0.4) is 0 Å². The van der Waals surface area contributed by atoms with Crippen molar-refractivity contribution in [3.05, 3.63) is 29.6 Å². The zero-order valence-corrected chi connectivity index (χ0v) is 11.5. The lowest BCUT2D eigenvalue weighted by molar-refractivity contribution is -0.143. The zero-order chi connectivity index (χ0) is 13.7. The zero-order valence-electron chi connectivity index (χ0n) is 11.5. The van der Waals surface area contributed by atoms with Crippen LogP contribution in [-0.2, 0) is 9.53 Å². The molecule has 2 N–H and O–H groups in total. The molecule has 19 heavy (non-hydrogen) atoms. The summed E-state index contributed by atoms with van der Waals surface area (Å²) in [4.78, 5) is 16.0. The molecule has 0 amide bonds. The second-order valence-electron chi connectivity index (χ2n) is 4.82. The topological polar surface area (TPSA) is 63.2 Å². The van der Waals surface area contributed by atoms with Gasteiger partial charge >= 0.3 is 5.97 Å². The van der Waals surface area contributed by atoms with E-state index < -0.39 is 0 Å². The number of esters is 1. The standard InChI is InChI=1S/C14H21N3O2/c1-3-19-14(18)6-13(17-12-8-15-9-12)11-5-4-10(2)16-7-11/h4-5,7,12-13,15,17H,3,6,8-9H2,1-2H3/t13-/m0/s1. The lowest BCUT2D eigenvalue weighted by atomic mass is 10.0. The van der Waals surface area contributed by atoms with Gasteiger partial charge in [0.1, 0.15) is 0 Å². The molecule has 0 aliphatic carbocycles. The average Bonchev–Trinajstić information content (AvgIpc) is 2.33. The lowest BCUT2D eigenvalue weighted by Crippen LogP contribution is -2.56. The van der Waals surface area contributed by atoms with Crippen LogP contribution in [0.25, 0.3) is 0 Å². The summed E-state index contributed by atoms with van der Waals surface area (Å²) in [5.74, 6) is -0.173. The van der Waals surface area contributed by atoms with Gasteiger partial charge in [0.15, 0.2) is 0 Å². The quantitative estimate of drug-likeness (QED) is 0.748. The number of nitrogens with zero attached hydrogens (tertiary/aromatic N) is 1. The summed E-state index contributed by atoms with van der Waals surface area (Å²) in [6.45, 7) is 6.08. The van der Waals surface area contributed by atoms with Crippen molar-refractivity contribution in [1.82, 2.24) is 15.6 Å². The van der Waals surface area contributed by atoms with Gasteiger partial charge in [-0.15, -0.1) is 0 Å². The third kappa shape index (κ3) is 4.01. The highest BCUT2D eigenvalue weighted by molar-refractivity contribution is 5.70. The van der Waals surface area contributed by atoms with E-state index in [4.69, 9.17) is 4.74 Å². The van der Waals surface area contributed by atoms with Gasteiger partial charge in [-0.3, -0.25) is 9.78 Å². The molecule has 0 radical (unpaired) electrons. The van der Waals surface area contributed by atoms with Crippen LogP contribution in [0, 0.1) is 6.92 Å². The van der Waals surface area contributed by atoms with Crippen LogP contribution in [0.2, 0.25) is 0 Å². The third-order valence-corrected chi connectivity index (χ3v) is 3.23. The number of pyridine rings is 1. The molecule has 0 unspecified atom stereocenters. The minimum Gasteiger partial charge on any atom is -0.466 e. The predicted molar refractivity (Wildman–Crippen MR) is 72.8 cm³/mol. The maximum absolute atomic E-state index is 11.7. The molecule has 1 fully saturated rings. The molecular weight excluding hydrogens is 242 g/mol. The fourth-order valence-corrected chi connectivity index (χ4v) is 2.04. The molecule has 0 bridgehead atoms. The fourth-order valence-electron chi connectivity index (χ4n) is 2.04. The molecular formula is C14H21N3O2. The molecule has 104 valence electrons. The smallest absolute Gasteiger partial charge is 0.307 e. The van der Waals surface area contributed by atoms with E-state index in [-0.39, 0.29) is 12.0 Å². The van der Waals surface area contributed by atoms with Gasteiger partial charge in [-0.1, -0.05) is 6.07 Å². The van der Waals surface area contributed by atoms with Crippen LogP contribution < -0.4 is 10.6 Å². The number of carbonyl (C=O) groups excluding carboxylic acids is 1. The van der Waals surface area contributed by atoms with E-state index in [1.807, 2.05) is 32.2 Å². The van der Waals surface area contributed by atoms with Crippen molar-refractivity contribution < 1.29 is 9.53 Å². The average molecular weight is 263 g/mol. The first-order valence-electron chi connectivity index (χ1n) is 6.74. The molecule has 1 aromatic rings. The van der Waals surface area contributed by atoms with Crippen molar-refractivity contribution in [3.8, 4) is 0 Å². The van der Waals surface area contributed by atoms with Crippen LogP contribution in [0.1, 0.15) is 30.6 Å². The van der Waals surface area contributed by atoms with E-state index in [0.717, 1.165) is 24.3 Å². The first-order valence-corrected chi connectivity index (χ1v) is 6.74. The van der Waals surface area contributed by atoms with E-state index in [9.17, 15) is 4.79 Å². The van der Waals surface area contributed by atoms with Gasteiger partial charge in [-0.05, 0) is 25.5 Å². The molecule has 0 aromatic carbocycles. The summed E-state index contributed by atoms with van der Waals surface area (Å²) in [6, 6.07) is 4.37. The van der Waals surface area contributed by atoms with E-state index in [1.165, 1.54) is 0 Å². The maximum atomic E-state index is 11.7. The minimum atomic E-state index is -0.173. The molecule has 0 spiro atoms. The van der Waals surface area contributed by atoms with Crippen molar-refractivity contribution in [2.45, 2.75) is 32.4 Å². The van der Waals surface area contributed by atoms with Crippen LogP contribution in [0.4, 0.5) is 0 Å². The van der Waals surface area contributed by atoms with Gasteiger partial charge in [0.25, 0.3) is 0 Å². The van der Waals surface area contributed by atoms with Crippen LogP contribution in [0.5, 0.6) is 0 Å². The fraction of sp³-hybridized carbons (Fsp3) is 0.571. The molecule has 1 aliphatic heterocycles. The summed E-state index contributed by atoms with van der Waals surface area (Å²) in [6.07, 6.45) is 2.17. The highest BCUT2D eigenvalue weighted by atomic mass is 16.5. The van der Waals surface area contributed by atoms with E-state index >= 15 is 0 Å². The number of aromatic nitrogens is 1. The molecule has 1 saturated heterocycles. The number of nitrogens with one attached hydrogen (secondary N) is 2. The third-order valence-electron chi connectivity index (χ3n) is 3.23. The molecule has 1 atom stereocenters. The number of hydrogen-bond donors (Lipinski definition) is 2. The van der Waals surface area contributed by atoms with Gasteiger partial charge < -0.3 is 15.4 Å². The van der Waals surface area contributed by atoms with E-state index in [1.54, 1.807) is 0 Å². The maximum Gasteiger partial charge on any atom is 0.307 e. The SMILES string of the molecule is CCOC(=O)C[C@H](NC1CNC1)c1ccc(C)nc1. The molecule has 1 aliphatic rings. The van der Waals surface area contributed by atoms with Crippen molar-refractivity contribution in [2.24, 2.45) is 0 Å². The Morgan fingerprint density at radius 2 is 2.37 bits per heavy atom. The Morgan fingerprint density at radius 3 is 2.89 bits per heavy atom. The monoisotopic (exact) mass is 263 g/mol. The summed E-state index contributed by atoms with van der Waals surface area (Å²) in [7, 11) is 0. The van der Waals surface area contributed by atoms with Crippen molar-refractivity contribution >= 4 is 5.97 Å². The first kappa shape index (κ1) is 14.0. The Bertz CT molecular complexity index is 415. The molecule has 2 rings (SSSR count). The Morgan fingerprint density at radius 1 is 1.58 bits per heavy atom. The Hall–Kier alpha value is -1.46. The Balaban J connectivity index is 2.03. The van der Waals surface area contributed by atoms with Crippen LogP contribution in [-0.4, -0.2) is 36.7 Å². The first-order chi connectivity index (χ1) is 9.19. The summed E-state index contributed by atoms with van der Waals surface area (Å²) < 4.78 is 5.04. The minimum absolute atomic E-state index is 0.0285. The van der Waals surface area contributed by atoms with Gasteiger partial charge in [0.05, 0.1) is 13.0 Å². The Labute approximate surface area is 113 Å².